The van der Waals surface area contributed by atoms with Crippen molar-refractivity contribution in [2.24, 2.45) is 0 Å². The Balaban J connectivity index is 2.20. The zero-order chi connectivity index (χ0) is 13.2. The van der Waals surface area contributed by atoms with Crippen molar-refractivity contribution in [1.29, 1.82) is 0 Å². The van der Waals surface area contributed by atoms with Crippen LogP contribution in [0.1, 0.15) is 17.8 Å². The summed E-state index contributed by atoms with van der Waals surface area (Å²) in [4.78, 5) is 4.42. The number of aromatic nitrogens is 1. The highest BCUT2D eigenvalue weighted by atomic mass is 16.5. The highest BCUT2D eigenvalue weighted by Gasteiger charge is 2.00. The number of ether oxygens (including phenoxy) is 2. The first kappa shape index (κ1) is 14.9. The maximum atomic E-state index is 8.53. The molecule has 0 saturated carbocycles. The second-order valence-electron chi connectivity index (χ2n) is 4.01. The van der Waals surface area contributed by atoms with Gasteiger partial charge in [0.15, 0.2) is 0 Å². The molecular weight excluding hydrogens is 232 g/mol. The van der Waals surface area contributed by atoms with Crippen molar-refractivity contribution in [2.45, 2.75) is 19.9 Å². The van der Waals surface area contributed by atoms with Crippen LogP contribution in [-0.4, -0.2) is 43.6 Å². The Labute approximate surface area is 108 Å². The Hall–Kier alpha value is -1.17. The van der Waals surface area contributed by atoms with Gasteiger partial charge in [-0.05, 0) is 19.9 Å². The molecule has 0 radical (unpaired) electrons. The molecule has 0 saturated heterocycles. The molecule has 18 heavy (non-hydrogen) atoms. The Morgan fingerprint density at radius 3 is 2.89 bits per heavy atom. The van der Waals surface area contributed by atoms with Crippen LogP contribution in [0.4, 0.5) is 0 Å². The predicted octanol–water partition coefficient (Wildman–Crippen LogP) is 0.887. The summed E-state index contributed by atoms with van der Waals surface area (Å²) < 4.78 is 10.4. The molecule has 0 aromatic carbocycles. The molecule has 0 unspecified atom stereocenters. The lowest BCUT2D eigenvalue weighted by atomic mass is 10.3. The maximum Gasteiger partial charge on any atom is 0.122 e. The van der Waals surface area contributed by atoms with Gasteiger partial charge in [-0.3, -0.25) is 4.98 Å². The van der Waals surface area contributed by atoms with Gasteiger partial charge in [0.25, 0.3) is 0 Å². The normalized spacial score (nSPS) is 10.6. The summed E-state index contributed by atoms with van der Waals surface area (Å²) in [6.07, 6.45) is 0.920. The number of methoxy groups -OCH3 is 1. The third kappa shape index (κ3) is 5.95. The second-order valence-corrected chi connectivity index (χ2v) is 4.01. The Kier molecular flexibility index (Phi) is 7.32. The Morgan fingerprint density at radius 1 is 1.33 bits per heavy atom. The molecule has 0 aliphatic carbocycles. The Morgan fingerprint density at radius 2 is 2.17 bits per heavy atom. The van der Waals surface area contributed by atoms with Crippen LogP contribution in [0, 0.1) is 6.92 Å². The molecule has 0 aliphatic rings. The highest BCUT2D eigenvalue weighted by Crippen LogP contribution is 2.12. The number of pyridine rings is 1. The third-order valence-electron chi connectivity index (χ3n) is 2.40. The van der Waals surface area contributed by atoms with E-state index >= 15 is 0 Å². The van der Waals surface area contributed by atoms with Crippen molar-refractivity contribution in [2.75, 3.05) is 33.5 Å². The number of nitrogens with zero attached hydrogens (tertiary/aromatic N) is 1. The molecule has 0 atom stereocenters. The average molecular weight is 254 g/mol. The minimum Gasteiger partial charge on any atom is -0.497 e. The monoisotopic (exact) mass is 254 g/mol. The van der Waals surface area contributed by atoms with E-state index in [9.17, 15) is 0 Å². The van der Waals surface area contributed by atoms with E-state index in [2.05, 4.69) is 10.3 Å². The summed E-state index contributed by atoms with van der Waals surface area (Å²) in [7, 11) is 1.66. The smallest absolute Gasteiger partial charge is 0.122 e. The fourth-order valence-corrected chi connectivity index (χ4v) is 1.59. The van der Waals surface area contributed by atoms with E-state index in [1.54, 1.807) is 7.11 Å². The van der Waals surface area contributed by atoms with E-state index in [0.717, 1.165) is 36.6 Å². The van der Waals surface area contributed by atoms with Gasteiger partial charge in [0.05, 0.1) is 26.0 Å². The lowest BCUT2D eigenvalue weighted by Crippen LogP contribution is -2.17. The van der Waals surface area contributed by atoms with Gasteiger partial charge >= 0.3 is 0 Å². The zero-order valence-electron chi connectivity index (χ0n) is 11.1. The fourth-order valence-electron chi connectivity index (χ4n) is 1.59. The topological polar surface area (TPSA) is 63.6 Å². The number of aryl methyl sites for hydroxylation is 1. The number of hydrogen-bond donors (Lipinski definition) is 2. The van der Waals surface area contributed by atoms with Crippen LogP contribution in [0.25, 0.3) is 0 Å². The molecule has 1 aromatic rings. The van der Waals surface area contributed by atoms with Crippen LogP contribution in [0.2, 0.25) is 0 Å². The quantitative estimate of drug-likeness (QED) is 0.641. The van der Waals surface area contributed by atoms with Crippen molar-refractivity contribution in [3.05, 3.63) is 23.5 Å². The highest BCUT2D eigenvalue weighted by molar-refractivity contribution is 5.26. The van der Waals surface area contributed by atoms with Crippen LogP contribution >= 0.6 is 0 Å². The maximum absolute atomic E-state index is 8.53. The first-order valence-electron chi connectivity index (χ1n) is 6.17. The molecule has 1 aromatic heterocycles. The van der Waals surface area contributed by atoms with Gasteiger partial charge in [0.2, 0.25) is 0 Å². The van der Waals surface area contributed by atoms with Crippen molar-refractivity contribution < 1.29 is 14.6 Å². The average Bonchev–Trinajstić information content (AvgIpc) is 2.37. The number of rotatable bonds is 9. The number of aliphatic hydroxyl groups is 1. The summed E-state index contributed by atoms with van der Waals surface area (Å²) in [6.45, 7) is 4.70. The third-order valence-corrected chi connectivity index (χ3v) is 2.40. The summed E-state index contributed by atoms with van der Waals surface area (Å²) in [5.74, 6) is 0.838. The van der Waals surface area contributed by atoms with E-state index in [1.807, 2.05) is 19.1 Å². The summed E-state index contributed by atoms with van der Waals surface area (Å²) in [5.41, 5.74) is 1.93. The fraction of sp³-hybridized carbons (Fsp3) is 0.615. The largest absolute Gasteiger partial charge is 0.497 e. The van der Waals surface area contributed by atoms with Crippen LogP contribution in [0.15, 0.2) is 12.1 Å². The van der Waals surface area contributed by atoms with Gasteiger partial charge in [-0.1, -0.05) is 0 Å². The molecule has 102 valence electrons. The Bertz CT molecular complexity index is 345. The van der Waals surface area contributed by atoms with Crippen LogP contribution in [-0.2, 0) is 11.3 Å². The minimum absolute atomic E-state index is 0.0838. The lowest BCUT2D eigenvalue weighted by molar-refractivity contribution is 0.0907. The van der Waals surface area contributed by atoms with E-state index in [1.165, 1.54) is 0 Å². The molecular formula is C13H22N2O3. The number of aliphatic hydroxyl groups excluding tert-OH is 1. The van der Waals surface area contributed by atoms with Gasteiger partial charge in [-0.25, -0.2) is 0 Å². The minimum atomic E-state index is 0.0838. The second kappa shape index (κ2) is 8.85. The molecule has 0 fully saturated rings. The predicted molar refractivity (Wildman–Crippen MR) is 69.8 cm³/mol. The van der Waals surface area contributed by atoms with Gasteiger partial charge in [0, 0.05) is 31.0 Å². The number of hydrogen-bond acceptors (Lipinski definition) is 5. The molecule has 1 heterocycles. The van der Waals surface area contributed by atoms with Crippen molar-refractivity contribution in [1.82, 2.24) is 10.3 Å². The van der Waals surface area contributed by atoms with Crippen molar-refractivity contribution in [3.63, 3.8) is 0 Å². The molecule has 0 amide bonds. The van der Waals surface area contributed by atoms with E-state index in [0.29, 0.717) is 13.2 Å². The van der Waals surface area contributed by atoms with Crippen LogP contribution in [0.3, 0.4) is 0 Å². The summed E-state index contributed by atoms with van der Waals surface area (Å²) in [5, 5.41) is 11.8. The lowest BCUT2D eigenvalue weighted by Gasteiger charge is -2.07. The first-order chi connectivity index (χ1) is 8.76. The summed E-state index contributed by atoms with van der Waals surface area (Å²) in [6, 6.07) is 3.84. The molecule has 0 spiro atoms. The van der Waals surface area contributed by atoms with Crippen LogP contribution in [0.5, 0.6) is 5.75 Å². The molecule has 0 aliphatic heterocycles. The van der Waals surface area contributed by atoms with Crippen molar-refractivity contribution >= 4 is 0 Å². The molecule has 5 heteroatoms. The van der Waals surface area contributed by atoms with Gasteiger partial charge in [0.1, 0.15) is 5.75 Å². The van der Waals surface area contributed by atoms with Gasteiger partial charge in [-0.2, -0.15) is 0 Å². The number of nitrogens with one attached hydrogen (secondary N) is 1. The standard InChI is InChI=1S/C13H22N2O3/c1-11-8-13(17-2)9-12(15-11)10-14-4-3-6-18-7-5-16/h8-9,14,16H,3-7,10H2,1-2H3. The van der Waals surface area contributed by atoms with E-state index in [-0.39, 0.29) is 6.61 Å². The van der Waals surface area contributed by atoms with Crippen LogP contribution < -0.4 is 10.1 Å². The molecule has 5 nitrogen and oxygen atoms in total. The molecule has 1 rings (SSSR count). The van der Waals surface area contributed by atoms with Gasteiger partial charge < -0.3 is 19.9 Å². The first-order valence-corrected chi connectivity index (χ1v) is 6.17. The van der Waals surface area contributed by atoms with E-state index < -0.39 is 0 Å². The summed E-state index contributed by atoms with van der Waals surface area (Å²) >= 11 is 0. The zero-order valence-corrected chi connectivity index (χ0v) is 11.1. The SMILES string of the molecule is COc1cc(C)nc(CNCCCOCCO)c1. The van der Waals surface area contributed by atoms with E-state index in [4.69, 9.17) is 14.6 Å². The van der Waals surface area contributed by atoms with Crippen molar-refractivity contribution in [3.8, 4) is 5.75 Å². The molecule has 2 N–H and O–H groups in total. The molecule has 0 bridgehead atoms. The van der Waals surface area contributed by atoms with Gasteiger partial charge in [-0.15, -0.1) is 0 Å².